The van der Waals surface area contributed by atoms with Crippen LogP contribution in [0.4, 0.5) is 4.39 Å². The van der Waals surface area contributed by atoms with Gasteiger partial charge in [0.05, 0.1) is 17.4 Å². The third-order valence-corrected chi connectivity index (χ3v) is 9.05. The molecule has 0 radical (unpaired) electrons. The van der Waals surface area contributed by atoms with Crippen LogP contribution in [0.1, 0.15) is 36.8 Å². The first kappa shape index (κ1) is 24.3. The van der Waals surface area contributed by atoms with Gasteiger partial charge >= 0.3 is 0 Å². The van der Waals surface area contributed by atoms with E-state index in [1.165, 1.54) is 12.1 Å². The van der Waals surface area contributed by atoms with Crippen LogP contribution in [-0.2, 0) is 37.4 Å². The van der Waals surface area contributed by atoms with Gasteiger partial charge < -0.3 is 20.5 Å². The molecule has 1 aromatic carbocycles. The molecule has 2 aliphatic carbocycles. The number of aliphatic hydroxyl groups is 1. The summed E-state index contributed by atoms with van der Waals surface area (Å²) in [5, 5.41) is 15.7. The van der Waals surface area contributed by atoms with E-state index >= 15 is 0 Å². The van der Waals surface area contributed by atoms with Gasteiger partial charge in [0.2, 0.25) is 22.3 Å². The lowest BCUT2D eigenvalue weighted by atomic mass is 10.1. The highest BCUT2D eigenvalue weighted by Crippen LogP contribution is 2.45. The number of halogens is 1. The van der Waals surface area contributed by atoms with Gasteiger partial charge in [-0.3, -0.25) is 14.3 Å². The summed E-state index contributed by atoms with van der Waals surface area (Å²) in [5.41, 5.74) is -0.0138. The van der Waals surface area contributed by atoms with Gasteiger partial charge in [-0.05, 0) is 37.3 Å². The fourth-order valence-corrected chi connectivity index (χ4v) is 6.21. The summed E-state index contributed by atoms with van der Waals surface area (Å²) in [4.78, 5) is 27.3. The Bertz CT molecular complexity index is 1160. The molecule has 1 aromatic rings. The van der Waals surface area contributed by atoms with Gasteiger partial charge in [0.15, 0.2) is 0 Å². The topological polar surface area (TPSA) is 137 Å². The molecular weight excluding hydrogens is 479 g/mol. The Morgan fingerprint density at radius 1 is 1.34 bits per heavy atom. The Hall–Kier alpha value is -2.38. The average molecular weight is 509 g/mol. The second-order valence-corrected chi connectivity index (χ2v) is 11.7. The van der Waals surface area contributed by atoms with Crippen molar-refractivity contribution < 1.29 is 32.2 Å². The van der Waals surface area contributed by atoms with Crippen molar-refractivity contribution in [3.8, 4) is 0 Å². The summed E-state index contributed by atoms with van der Waals surface area (Å²) < 4.78 is 46.3. The number of hydrogen-bond donors (Lipinski definition) is 4. The van der Waals surface area contributed by atoms with Crippen LogP contribution in [0, 0.1) is 11.7 Å². The molecule has 190 valence electrons. The molecule has 2 aliphatic heterocycles. The van der Waals surface area contributed by atoms with Gasteiger partial charge in [-0.1, -0.05) is 18.2 Å². The third-order valence-electron chi connectivity index (χ3n) is 7.23. The van der Waals surface area contributed by atoms with E-state index in [4.69, 9.17) is 4.74 Å². The van der Waals surface area contributed by atoms with E-state index in [-0.39, 0.29) is 31.1 Å². The fourth-order valence-electron chi connectivity index (χ4n) is 4.85. The number of carbonyl (C=O) groups excluding carboxylic acids is 2. The van der Waals surface area contributed by atoms with E-state index in [1.807, 2.05) is 0 Å². The molecule has 2 saturated carbocycles. The van der Waals surface area contributed by atoms with Crippen molar-refractivity contribution in [1.29, 1.82) is 0 Å². The van der Waals surface area contributed by atoms with Crippen molar-refractivity contribution >= 4 is 21.8 Å². The number of hydrogen-bond acceptors (Lipinski definition) is 8. The summed E-state index contributed by atoms with van der Waals surface area (Å²) in [7, 11) is -3.75. The lowest BCUT2D eigenvalue weighted by molar-refractivity contribution is -0.217. The van der Waals surface area contributed by atoms with Crippen LogP contribution < -0.4 is 15.4 Å². The molecule has 1 saturated heterocycles. The van der Waals surface area contributed by atoms with Crippen LogP contribution in [-0.4, -0.2) is 66.1 Å². The number of aliphatic hydroxyl groups excluding tert-OH is 1. The standard InChI is InChI=1S/C23H29FN4O6S/c1-2-14-9-23(14,21(30)27-35(32,33)16-6-7-16)26-20(29)19-8-15(10-25-19)34-22(31)28-11-13-4-3-5-18(24)17(13)12-28/h2-5,14-16,19,22,25,31H,1,6-12H2,(H,26,29)(H,27,30). The molecule has 12 heteroatoms. The van der Waals surface area contributed by atoms with Crippen LogP contribution in [0.3, 0.4) is 0 Å². The van der Waals surface area contributed by atoms with Gasteiger partial charge in [0, 0.05) is 31.1 Å². The zero-order valence-electron chi connectivity index (χ0n) is 19.1. The molecule has 0 aromatic heterocycles. The molecule has 3 fully saturated rings. The van der Waals surface area contributed by atoms with Gasteiger partial charge in [0.1, 0.15) is 11.4 Å². The second kappa shape index (κ2) is 8.93. The normalized spacial score (nSPS) is 31.0. The second-order valence-electron chi connectivity index (χ2n) is 9.75. The minimum absolute atomic E-state index is 0.220. The number of sulfonamides is 1. The average Bonchev–Trinajstić information content (AvgIpc) is 3.69. The number of benzene rings is 1. The third kappa shape index (κ3) is 4.73. The Labute approximate surface area is 202 Å². The minimum atomic E-state index is -3.75. The number of fused-ring (bicyclic) bond motifs is 1. The van der Waals surface area contributed by atoms with E-state index < -0.39 is 51.2 Å². The molecule has 0 bridgehead atoms. The van der Waals surface area contributed by atoms with Crippen molar-refractivity contribution in [1.82, 2.24) is 20.3 Å². The van der Waals surface area contributed by atoms with Crippen molar-refractivity contribution in [2.45, 2.75) is 68.1 Å². The zero-order chi connectivity index (χ0) is 25.0. The van der Waals surface area contributed by atoms with Gasteiger partial charge in [-0.25, -0.2) is 17.7 Å². The highest BCUT2D eigenvalue weighted by atomic mass is 32.2. The van der Waals surface area contributed by atoms with E-state index in [1.54, 1.807) is 17.0 Å². The first-order valence-corrected chi connectivity index (χ1v) is 13.3. The predicted octanol–water partition coefficient (Wildman–Crippen LogP) is -0.166. The zero-order valence-corrected chi connectivity index (χ0v) is 19.9. The number of rotatable bonds is 9. The summed E-state index contributed by atoms with van der Waals surface area (Å²) in [5.74, 6) is -1.89. The fraction of sp³-hybridized carbons (Fsp3) is 0.565. The van der Waals surface area contributed by atoms with Crippen LogP contribution in [0.25, 0.3) is 0 Å². The molecule has 35 heavy (non-hydrogen) atoms. The van der Waals surface area contributed by atoms with E-state index in [0.717, 1.165) is 5.56 Å². The summed E-state index contributed by atoms with van der Waals surface area (Å²) >= 11 is 0. The maximum atomic E-state index is 14.0. The molecule has 5 rings (SSSR count). The Morgan fingerprint density at radius 3 is 2.77 bits per heavy atom. The minimum Gasteiger partial charge on any atom is -0.356 e. The lowest BCUT2D eigenvalue weighted by Gasteiger charge is -2.25. The lowest BCUT2D eigenvalue weighted by Crippen LogP contribution is -2.55. The molecule has 0 spiro atoms. The maximum Gasteiger partial charge on any atom is 0.259 e. The first-order chi connectivity index (χ1) is 16.6. The van der Waals surface area contributed by atoms with Crippen molar-refractivity contribution in [3.63, 3.8) is 0 Å². The van der Waals surface area contributed by atoms with E-state index in [0.29, 0.717) is 31.5 Å². The number of amides is 2. The quantitative estimate of drug-likeness (QED) is 0.267. The molecule has 4 N–H and O–H groups in total. The molecule has 5 atom stereocenters. The molecular formula is C23H29FN4O6S. The van der Waals surface area contributed by atoms with Crippen LogP contribution in [0.15, 0.2) is 30.9 Å². The molecule has 2 amide bonds. The molecule has 10 nitrogen and oxygen atoms in total. The van der Waals surface area contributed by atoms with E-state index in [2.05, 4.69) is 21.9 Å². The first-order valence-electron chi connectivity index (χ1n) is 11.7. The van der Waals surface area contributed by atoms with Gasteiger partial charge in [0.25, 0.3) is 5.91 Å². The predicted molar refractivity (Wildman–Crippen MR) is 122 cm³/mol. The Morgan fingerprint density at radius 2 is 2.11 bits per heavy atom. The number of carbonyl (C=O) groups is 2. The molecule has 4 aliphatic rings. The SMILES string of the molecule is C=CC1CC1(NC(=O)C1CC(OC(O)N2Cc3cccc(F)c3C2)CN1)C(=O)NS(=O)(=O)C1CC1. The van der Waals surface area contributed by atoms with Crippen LogP contribution in [0.5, 0.6) is 0 Å². The smallest absolute Gasteiger partial charge is 0.259 e. The summed E-state index contributed by atoms with van der Waals surface area (Å²) in [6, 6.07) is 4.13. The molecule has 2 heterocycles. The van der Waals surface area contributed by atoms with Crippen LogP contribution in [0.2, 0.25) is 0 Å². The van der Waals surface area contributed by atoms with Gasteiger partial charge in [-0.2, -0.15) is 0 Å². The summed E-state index contributed by atoms with van der Waals surface area (Å²) in [6.07, 6.45) is 1.33. The molecule has 5 unspecified atom stereocenters. The van der Waals surface area contributed by atoms with Crippen molar-refractivity contribution in [2.24, 2.45) is 5.92 Å². The number of ether oxygens (including phenoxy) is 1. The van der Waals surface area contributed by atoms with Crippen LogP contribution >= 0.6 is 0 Å². The Kier molecular flexibility index (Phi) is 6.20. The van der Waals surface area contributed by atoms with Gasteiger partial charge in [-0.15, -0.1) is 6.58 Å². The van der Waals surface area contributed by atoms with E-state index in [9.17, 15) is 27.5 Å². The summed E-state index contributed by atoms with van der Waals surface area (Å²) in [6.45, 7) is 4.55. The van der Waals surface area contributed by atoms with Crippen molar-refractivity contribution in [3.05, 3.63) is 47.8 Å². The maximum absolute atomic E-state index is 14.0. The highest BCUT2D eigenvalue weighted by molar-refractivity contribution is 7.91. The van der Waals surface area contributed by atoms with Crippen molar-refractivity contribution in [2.75, 3.05) is 6.54 Å². The Balaban J connectivity index is 1.15. The number of nitrogens with one attached hydrogen (secondary N) is 3. The largest absolute Gasteiger partial charge is 0.356 e. The monoisotopic (exact) mass is 508 g/mol. The highest BCUT2D eigenvalue weighted by Gasteiger charge is 2.61. The number of nitrogens with zero attached hydrogens (tertiary/aromatic N) is 1.